The Labute approximate surface area is 132 Å². The number of aryl methyl sites for hydroxylation is 1. The molecule has 2 N–H and O–H groups in total. The van der Waals surface area contributed by atoms with Gasteiger partial charge in [0.25, 0.3) is 0 Å². The summed E-state index contributed by atoms with van der Waals surface area (Å²) < 4.78 is 0. The SMILES string of the molecule is CCC(Sc1ncnc2sc3c(c12)CCC(C)C3)C(N)=O. The first-order valence-electron chi connectivity index (χ1n) is 7.31. The summed E-state index contributed by atoms with van der Waals surface area (Å²) in [6.07, 6.45) is 5.75. The summed E-state index contributed by atoms with van der Waals surface area (Å²) in [5.74, 6) is 0.468. The topological polar surface area (TPSA) is 68.9 Å². The van der Waals surface area contributed by atoms with Gasteiger partial charge in [0.1, 0.15) is 16.2 Å². The van der Waals surface area contributed by atoms with Crippen LogP contribution in [0.1, 0.15) is 37.1 Å². The zero-order chi connectivity index (χ0) is 15.0. The van der Waals surface area contributed by atoms with Crippen molar-refractivity contribution in [3.05, 3.63) is 16.8 Å². The number of thiophene rings is 1. The second-order valence-electron chi connectivity index (χ2n) is 5.63. The number of nitrogens with two attached hydrogens (primary N) is 1. The number of carbonyl (C=O) groups excluding carboxylic acids is 1. The van der Waals surface area contributed by atoms with E-state index in [0.29, 0.717) is 0 Å². The third kappa shape index (κ3) is 2.79. The molecule has 2 unspecified atom stereocenters. The fraction of sp³-hybridized carbons (Fsp3) is 0.533. The van der Waals surface area contributed by atoms with Gasteiger partial charge in [-0.15, -0.1) is 11.3 Å². The lowest BCUT2D eigenvalue weighted by atomic mass is 9.89. The van der Waals surface area contributed by atoms with Gasteiger partial charge in [0.15, 0.2) is 0 Å². The average molecular weight is 321 g/mol. The second kappa shape index (κ2) is 5.93. The number of amides is 1. The molecule has 2 atom stereocenters. The summed E-state index contributed by atoms with van der Waals surface area (Å²) in [6, 6.07) is 0. The zero-order valence-electron chi connectivity index (χ0n) is 12.3. The van der Waals surface area contributed by atoms with Gasteiger partial charge in [0.05, 0.1) is 5.25 Å². The van der Waals surface area contributed by atoms with E-state index in [1.54, 1.807) is 17.7 Å². The van der Waals surface area contributed by atoms with Crippen LogP contribution in [0.5, 0.6) is 0 Å². The molecule has 0 spiro atoms. The summed E-state index contributed by atoms with van der Waals surface area (Å²) in [5, 5.41) is 1.85. The van der Waals surface area contributed by atoms with Crippen LogP contribution in [0, 0.1) is 5.92 Å². The number of carbonyl (C=O) groups is 1. The number of thioether (sulfide) groups is 1. The standard InChI is InChI=1S/C15H19N3OS2/c1-3-10(13(16)19)20-14-12-9-5-4-8(2)6-11(9)21-15(12)18-7-17-14/h7-8,10H,3-6H2,1-2H3,(H2,16,19). The Bertz CT molecular complexity index is 683. The van der Waals surface area contributed by atoms with Gasteiger partial charge in [-0.2, -0.15) is 0 Å². The van der Waals surface area contributed by atoms with Crippen molar-refractivity contribution in [2.24, 2.45) is 11.7 Å². The van der Waals surface area contributed by atoms with Gasteiger partial charge in [0.2, 0.25) is 5.91 Å². The molecular formula is C15H19N3OS2. The van der Waals surface area contributed by atoms with Crippen LogP contribution in [0.2, 0.25) is 0 Å². The summed E-state index contributed by atoms with van der Waals surface area (Å²) in [4.78, 5) is 22.8. The monoisotopic (exact) mass is 321 g/mol. The Balaban J connectivity index is 2.05. The zero-order valence-corrected chi connectivity index (χ0v) is 13.9. The summed E-state index contributed by atoms with van der Waals surface area (Å²) in [6.45, 7) is 4.28. The first kappa shape index (κ1) is 14.8. The number of nitrogens with zero attached hydrogens (tertiary/aromatic N) is 2. The van der Waals surface area contributed by atoms with Crippen LogP contribution >= 0.6 is 23.1 Å². The molecule has 0 aromatic carbocycles. The van der Waals surface area contributed by atoms with Gasteiger partial charge in [-0.05, 0) is 37.2 Å². The smallest absolute Gasteiger partial charge is 0.230 e. The van der Waals surface area contributed by atoms with E-state index in [1.165, 1.54) is 28.6 Å². The molecule has 0 saturated heterocycles. The first-order valence-corrected chi connectivity index (χ1v) is 9.01. The molecule has 1 amide bonds. The highest BCUT2D eigenvalue weighted by Crippen LogP contribution is 2.41. The molecule has 4 nitrogen and oxygen atoms in total. The maximum atomic E-state index is 11.5. The van der Waals surface area contributed by atoms with Gasteiger partial charge in [-0.3, -0.25) is 4.79 Å². The molecule has 0 radical (unpaired) electrons. The van der Waals surface area contributed by atoms with E-state index in [0.717, 1.165) is 40.4 Å². The van der Waals surface area contributed by atoms with Gasteiger partial charge in [0, 0.05) is 10.3 Å². The minimum atomic E-state index is -0.271. The van der Waals surface area contributed by atoms with Crippen LogP contribution in [-0.4, -0.2) is 21.1 Å². The van der Waals surface area contributed by atoms with Gasteiger partial charge >= 0.3 is 0 Å². The summed E-state index contributed by atoms with van der Waals surface area (Å²) >= 11 is 3.27. The second-order valence-corrected chi connectivity index (χ2v) is 7.90. The molecule has 2 heterocycles. The highest BCUT2D eigenvalue weighted by Gasteiger charge is 2.25. The molecule has 3 rings (SSSR count). The third-order valence-corrected chi connectivity index (χ3v) is 6.54. The van der Waals surface area contributed by atoms with Gasteiger partial charge in [-0.25, -0.2) is 9.97 Å². The Kier molecular flexibility index (Phi) is 4.17. The number of fused-ring (bicyclic) bond motifs is 3. The number of primary amides is 1. The van der Waals surface area contributed by atoms with Gasteiger partial charge in [-0.1, -0.05) is 25.6 Å². The van der Waals surface area contributed by atoms with E-state index in [9.17, 15) is 4.79 Å². The molecule has 0 saturated carbocycles. The molecule has 2 aromatic rings. The molecule has 1 aliphatic carbocycles. The minimum absolute atomic E-state index is 0.221. The lowest BCUT2D eigenvalue weighted by Gasteiger charge is -2.18. The van der Waals surface area contributed by atoms with Crippen molar-refractivity contribution in [1.82, 2.24) is 9.97 Å². The largest absolute Gasteiger partial charge is 0.369 e. The Morgan fingerprint density at radius 3 is 3.10 bits per heavy atom. The van der Waals surface area contributed by atoms with Crippen LogP contribution in [-0.2, 0) is 17.6 Å². The number of hydrogen-bond donors (Lipinski definition) is 1. The molecule has 112 valence electrons. The van der Waals surface area contributed by atoms with E-state index < -0.39 is 0 Å². The lowest BCUT2D eigenvalue weighted by Crippen LogP contribution is -2.25. The van der Waals surface area contributed by atoms with Crippen LogP contribution in [0.4, 0.5) is 0 Å². The molecular weight excluding hydrogens is 302 g/mol. The predicted molar refractivity (Wildman–Crippen MR) is 87.7 cm³/mol. The number of rotatable bonds is 4. The molecule has 21 heavy (non-hydrogen) atoms. The van der Waals surface area contributed by atoms with Crippen LogP contribution in [0.25, 0.3) is 10.2 Å². The average Bonchev–Trinajstić information content (AvgIpc) is 2.82. The highest BCUT2D eigenvalue weighted by atomic mass is 32.2. The highest BCUT2D eigenvalue weighted by molar-refractivity contribution is 8.00. The van der Waals surface area contributed by atoms with Crippen molar-refractivity contribution in [3.63, 3.8) is 0 Å². The van der Waals surface area contributed by atoms with Crippen LogP contribution < -0.4 is 5.73 Å². The fourth-order valence-electron chi connectivity index (χ4n) is 2.81. The van der Waals surface area contributed by atoms with Crippen molar-refractivity contribution in [3.8, 4) is 0 Å². The minimum Gasteiger partial charge on any atom is -0.369 e. The Morgan fingerprint density at radius 1 is 1.57 bits per heavy atom. The molecule has 2 aromatic heterocycles. The van der Waals surface area contributed by atoms with Crippen LogP contribution in [0.3, 0.4) is 0 Å². The summed E-state index contributed by atoms with van der Waals surface area (Å²) in [5.41, 5.74) is 6.87. The van der Waals surface area contributed by atoms with Gasteiger partial charge < -0.3 is 5.73 Å². The molecule has 0 fully saturated rings. The third-order valence-electron chi connectivity index (χ3n) is 4.00. The molecule has 6 heteroatoms. The Hall–Kier alpha value is -1.14. The van der Waals surface area contributed by atoms with E-state index in [4.69, 9.17) is 5.73 Å². The quantitative estimate of drug-likeness (QED) is 0.693. The van der Waals surface area contributed by atoms with Crippen molar-refractivity contribution in [2.45, 2.75) is 49.8 Å². The lowest BCUT2D eigenvalue weighted by molar-refractivity contribution is -0.117. The Morgan fingerprint density at radius 2 is 2.38 bits per heavy atom. The number of aromatic nitrogens is 2. The van der Waals surface area contributed by atoms with Crippen LogP contribution in [0.15, 0.2) is 11.4 Å². The van der Waals surface area contributed by atoms with Crippen molar-refractivity contribution >= 4 is 39.2 Å². The predicted octanol–water partition coefficient (Wildman–Crippen LogP) is 3.17. The fourth-order valence-corrected chi connectivity index (χ4v) is 5.23. The summed E-state index contributed by atoms with van der Waals surface area (Å²) in [7, 11) is 0. The van der Waals surface area contributed by atoms with E-state index >= 15 is 0 Å². The first-order chi connectivity index (χ1) is 10.1. The molecule has 1 aliphatic rings. The van der Waals surface area contributed by atoms with E-state index in [-0.39, 0.29) is 11.2 Å². The molecule has 0 bridgehead atoms. The van der Waals surface area contributed by atoms with Crippen molar-refractivity contribution in [1.29, 1.82) is 0 Å². The maximum absolute atomic E-state index is 11.5. The number of hydrogen-bond acceptors (Lipinski definition) is 5. The van der Waals surface area contributed by atoms with Crippen molar-refractivity contribution < 1.29 is 4.79 Å². The molecule has 0 aliphatic heterocycles. The van der Waals surface area contributed by atoms with E-state index in [2.05, 4.69) is 16.9 Å². The van der Waals surface area contributed by atoms with E-state index in [1.807, 2.05) is 6.92 Å². The van der Waals surface area contributed by atoms with Crippen molar-refractivity contribution in [2.75, 3.05) is 0 Å². The maximum Gasteiger partial charge on any atom is 0.230 e. The normalized spacial score (nSPS) is 19.4.